The number of amides is 2. The fraction of sp³-hybridized carbons (Fsp3) is 0.118. The van der Waals surface area contributed by atoms with E-state index in [0.717, 1.165) is 11.0 Å². The predicted molar refractivity (Wildman–Crippen MR) is 78.3 cm³/mol. The Labute approximate surface area is 131 Å². The quantitative estimate of drug-likeness (QED) is 0.881. The number of carboxylic acid groups (broad SMARTS) is 1. The smallest absolute Gasteiger partial charge is 0.305 e. The first kappa shape index (κ1) is 14.9. The first-order valence-corrected chi connectivity index (χ1v) is 6.93. The van der Waals surface area contributed by atoms with Gasteiger partial charge in [0.05, 0.1) is 23.6 Å². The molecule has 1 aliphatic rings. The summed E-state index contributed by atoms with van der Waals surface area (Å²) in [5, 5.41) is 9.12. The standard InChI is InChI=1S/C17H12FNO4/c18-11-5-3-4-10(8-11)14(9-15(20)21)19-16(22)12-6-1-2-7-13(12)17(19)23/h1-8,14H,9H2,(H,20,21)/t14-/m1/s1. The third-order valence-electron chi connectivity index (χ3n) is 3.74. The summed E-state index contributed by atoms with van der Waals surface area (Å²) in [5.41, 5.74) is 0.718. The number of fused-ring (bicyclic) bond motifs is 1. The summed E-state index contributed by atoms with van der Waals surface area (Å²) in [6.07, 6.45) is -0.491. The third-order valence-corrected chi connectivity index (χ3v) is 3.74. The Kier molecular flexibility index (Phi) is 3.65. The molecule has 0 bridgehead atoms. The van der Waals surface area contributed by atoms with Crippen molar-refractivity contribution in [3.63, 3.8) is 0 Å². The maximum atomic E-state index is 13.5. The monoisotopic (exact) mass is 313 g/mol. The second-order valence-corrected chi connectivity index (χ2v) is 5.19. The van der Waals surface area contributed by atoms with E-state index < -0.39 is 36.1 Å². The Bertz CT molecular complexity index is 783. The average molecular weight is 313 g/mol. The fourth-order valence-electron chi connectivity index (χ4n) is 2.73. The molecule has 0 radical (unpaired) electrons. The number of benzene rings is 2. The van der Waals surface area contributed by atoms with Crippen molar-refractivity contribution in [2.75, 3.05) is 0 Å². The molecule has 0 aliphatic carbocycles. The maximum absolute atomic E-state index is 13.5. The summed E-state index contributed by atoms with van der Waals surface area (Å²) in [4.78, 5) is 37.1. The number of nitrogens with zero attached hydrogens (tertiary/aromatic N) is 1. The van der Waals surface area contributed by atoms with E-state index in [1.54, 1.807) is 12.1 Å². The number of halogens is 1. The first-order chi connectivity index (χ1) is 11.0. The van der Waals surface area contributed by atoms with Gasteiger partial charge in [-0.25, -0.2) is 4.39 Å². The van der Waals surface area contributed by atoms with Gasteiger partial charge in [-0.15, -0.1) is 0 Å². The van der Waals surface area contributed by atoms with Gasteiger partial charge in [-0.2, -0.15) is 0 Å². The zero-order valence-corrected chi connectivity index (χ0v) is 11.9. The van der Waals surface area contributed by atoms with E-state index >= 15 is 0 Å². The highest BCUT2D eigenvalue weighted by Crippen LogP contribution is 2.33. The lowest BCUT2D eigenvalue weighted by molar-refractivity contribution is -0.138. The number of carbonyl (C=O) groups excluding carboxylic acids is 2. The van der Waals surface area contributed by atoms with E-state index in [1.165, 1.54) is 30.3 Å². The number of imide groups is 1. The van der Waals surface area contributed by atoms with Crippen LogP contribution < -0.4 is 0 Å². The highest BCUT2D eigenvalue weighted by atomic mass is 19.1. The second kappa shape index (κ2) is 5.64. The summed E-state index contributed by atoms with van der Waals surface area (Å²) in [6.45, 7) is 0. The Morgan fingerprint density at radius 3 is 2.17 bits per heavy atom. The molecule has 0 aromatic heterocycles. The second-order valence-electron chi connectivity index (χ2n) is 5.19. The van der Waals surface area contributed by atoms with Gasteiger partial charge >= 0.3 is 5.97 Å². The van der Waals surface area contributed by atoms with Gasteiger partial charge in [-0.3, -0.25) is 19.3 Å². The largest absolute Gasteiger partial charge is 0.481 e. The lowest BCUT2D eigenvalue weighted by Crippen LogP contribution is -2.35. The molecule has 1 N–H and O–H groups in total. The van der Waals surface area contributed by atoms with Gasteiger partial charge < -0.3 is 5.11 Å². The lowest BCUT2D eigenvalue weighted by Gasteiger charge is -2.25. The number of hydrogen-bond acceptors (Lipinski definition) is 3. The van der Waals surface area contributed by atoms with Crippen molar-refractivity contribution in [1.29, 1.82) is 0 Å². The molecule has 0 unspecified atom stereocenters. The van der Waals surface area contributed by atoms with Crippen molar-refractivity contribution >= 4 is 17.8 Å². The molecule has 0 saturated carbocycles. The molecule has 1 heterocycles. The Morgan fingerprint density at radius 2 is 1.65 bits per heavy atom. The van der Waals surface area contributed by atoms with Gasteiger partial charge in [0.2, 0.25) is 0 Å². The summed E-state index contributed by atoms with van der Waals surface area (Å²) < 4.78 is 13.5. The van der Waals surface area contributed by atoms with Crippen molar-refractivity contribution in [2.24, 2.45) is 0 Å². The molecule has 0 fully saturated rings. The minimum Gasteiger partial charge on any atom is -0.481 e. The SMILES string of the molecule is O=C(O)C[C@H](c1cccc(F)c1)N1C(=O)c2ccccc2C1=O. The van der Waals surface area contributed by atoms with Crippen molar-refractivity contribution in [2.45, 2.75) is 12.5 Å². The number of aliphatic carboxylic acids is 1. The van der Waals surface area contributed by atoms with Crippen LogP contribution in [0.15, 0.2) is 48.5 Å². The van der Waals surface area contributed by atoms with E-state index in [2.05, 4.69) is 0 Å². The molecule has 0 spiro atoms. The zero-order valence-electron chi connectivity index (χ0n) is 11.9. The number of carboxylic acids is 1. The van der Waals surface area contributed by atoms with Gasteiger partial charge in [0.1, 0.15) is 5.82 Å². The predicted octanol–water partition coefficient (Wildman–Crippen LogP) is 2.64. The van der Waals surface area contributed by atoms with Crippen molar-refractivity contribution < 1.29 is 23.9 Å². The van der Waals surface area contributed by atoms with E-state index in [0.29, 0.717) is 0 Å². The van der Waals surface area contributed by atoms with Gasteiger partial charge in [0.25, 0.3) is 11.8 Å². The van der Waals surface area contributed by atoms with Crippen LogP contribution in [0.1, 0.15) is 38.7 Å². The van der Waals surface area contributed by atoms with E-state index in [-0.39, 0.29) is 16.7 Å². The van der Waals surface area contributed by atoms with Crippen LogP contribution in [0.25, 0.3) is 0 Å². The number of carbonyl (C=O) groups is 3. The molecular formula is C17H12FNO4. The molecule has 23 heavy (non-hydrogen) atoms. The minimum absolute atomic E-state index is 0.226. The molecule has 5 nitrogen and oxygen atoms in total. The topological polar surface area (TPSA) is 74.7 Å². The Morgan fingerprint density at radius 1 is 1.04 bits per heavy atom. The van der Waals surface area contributed by atoms with Gasteiger partial charge in [0, 0.05) is 0 Å². The van der Waals surface area contributed by atoms with Crippen LogP contribution in [0.3, 0.4) is 0 Å². The summed E-state index contributed by atoms with van der Waals surface area (Å²) in [5.74, 6) is -2.88. The summed E-state index contributed by atoms with van der Waals surface area (Å²) in [6, 6.07) is 10.5. The molecule has 6 heteroatoms. The van der Waals surface area contributed by atoms with E-state index in [4.69, 9.17) is 5.11 Å². The first-order valence-electron chi connectivity index (χ1n) is 6.93. The lowest BCUT2D eigenvalue weighted by atomic mass is 10.0. The number of hydrogen-bond donors (Lipinski definition) is 1. The molecule has 2 aromatic carbocycles. The van der Waals surface area contributed by atoms with Crippen molar-refractivity contribution in [1.82, 2.24) is 4.90 Å². The highest BCUT2D eigenvalue weighted by molar-refractivity contribution is 6.21. The summed E-state index contributed by atoms with van der Waals surface area (Å²) in [7, 11) is 0. The average Bonchev–Trinajstić information content (AvgIpc) is 2.77. The van der Waals surface area contributed by atoms with Crippen LogP contribution in [-0.2, 0) is 4.79 Å². The molecule has 1 atom stereocenters. The van der Waals surface area contributed by atoms with Gasteiger partial charge in [-0.1, -0.05) is 24.3 Å². The molecular weight excluding hydrogens is 301 g/mol. The molecule has 2 amide bonds. The molecule has 3 rings (SSSR count). The van der Waals surface area contributed by atoms with Crippen molar-refractivity contribution in [3.8, 4) is 0 Å². The molecule has 2 aromatic rings. The minimum atomic E-state index is -1.18. The van der Waals surface area contributed by atoms with Gasteiger partial charge in [0.15, 0.2) is 0 Å². The highest BCUT2D eigenvalue weighted by Gasteiger charge is 2.41. The fourth-order valence-corrected chi connectivity index (χ4v) is 2.73. The van der Waals surface area contributed by atoms with Crippen LogP contribution >= 0.6 is 0 Å². The maximum Gasteiger partial charge on any atom is 0.305 e. The Hall–Kier alpha value is -3.02. The van der Waals surface area contributed by atoms with E-state index in [1.807, 2.05) is 0 Å². The summed E-state index contributed by atoms with van der Waals surface area (Å²) >= 11 is 0. The molecule has 116 valence electrons. The number of rotatable bonds is 4. The normalized spacial score (nSPS) is 14.7. The van der Waals surface area contributed by atoms with Gasteiger partial charge in [-0.05, 0) is 29.8 Å². The molecule has 0 saturated heterocycles. The van der Waals surface area contributed by atoms with Crippen LogP contribution in [-0.4, -0.2) is 27.8 Å². The van der Waals surface area contributed by atoms with Crippen molar-refractivity contribution in [3.05, 3.63) is 71.0 Å². The van der Waals surface area contributed by atoms with Crippen LogP contribution in [0, 0.1) is 5.82 Å². The Balaban J connectivity index is 2.07. The van der Waals surface area contributed by atoms with E-state index in [9.17, 15) is 18.8 Å². The zero-order chi connectivity index (χ0) is 16.6. The van der Waals surface area contributed by atoms with Crippen LogP contribution in [0.2, 0.25) is 0 Å². The van der Waals surface area contributed by atoms with Crippen LogP contribution in [0.4, 0.5) is 4.39 Å². The third kappa shape index (κ3) is 2.59. The molecule has 1 aliphatic heterocycles. The van der Waals surface area contributed by atoms with Crippen LogP contribution in [0.5, 0.6) is 0 Å².